The number of hydrogen-bond donors (Lipinski definition) is 0. The van der Waals surface area contributed by atoms with Gasteiger partial charge in [0, 0.05) is 4.87 Å². The molecule has 0 nitrogen and oxygen atoms in total. The Balaban J connectivity index is 4.24. The van der Waals surface area contributed by atoms with E-state index in [1.165, 1.54) is 6.42 Å². The van der Waals surface area contributed by atoms with Crippen molar-refractivity contribution >= 4 is 11.6 Å². The number of rotatable bonds is 5. The van der Waals surface area contributed by atoms with E-state index >= 15 is 0 Å². The van der Waals surface area contributed by atoms with Crippen molar-refractivity contribution in [1.82, 2.24) is 0 Å². The van der Waals surface area contributed by atoms with E-state index in [-0.39, 0.29) is 4.87 Å². The van der Waals surface area contributed by atoms with Crippen molar-refractivity contribution in [2.45, 2.75) is 65.7 Å². The van der Waals surface area contributed by atoms with Gasteiger partial charge >= 0.3 is 0 Å². The Labute approximate surface area is 89.1 Å². The first-order valence-electron chi connectivity index (χ1n) is 5.40. The molecule has 0 bridgehead atoms. The normalized spacial score (nSPS) is 17.5. The van der Waals surface area contributed by atoms with E-state index in [1.54, 1.807) is 0 Å². The summed E-state index contributed by atoms with van der Waals surface area (Å²) in [5, 5.41) is 0. The van der Waals surface area contributed by atoms with Crippen LogP contribution in [0.15, 0.2) is 0 Å². The summed E-state index contributed by atoms with van der Waals surface area (Å²) in [5.74, 6) is 0.697. The fourth-order valence-corrected chi connectivity index (χ4v) is 2.30. The molecule has 0 saturated heterocycles. The molecule has 80 valence electrons. The first kappa shape index (κ1) is 13.3. The Morgan fingerprint density at radius 2 is 1.62 bits per heavy atom. The zero-order chi connectivity index (χ0) is 10.7. The minimum absolute atomic E-state index is 0.0114. The molecular formula is C12H25Cl. The smallest absolute Gasteiger partial charge is 0.0423 e. The van der Waals surface area contributed by atoms with Crippen molar-refractivity contribution in [1.29, 1.82) is 0 Å². The summed E-state index contributed by atoms with van der Waals surface area (Å²) >= 11 is 6.46. The molecule has 0 aliphatic carbocycles. The van der Waals surface area contributed by atoms with Gasteiger partial charge in [-0.2, -0.15) is 0 Å². The van der Waals surface area contributed by atoms with E-state index in [2.05, 4.69) is 41.5 Å². The van der Waals surface area contributed by atoms with Crippen LogP contribution >= 0.6 is 11.6 Å². The highest BCUT2D eigenvalue weighted by atomic mass is 35.5. The number of alkyl halides is 1. The van der Waals surface area contributed by atoms with E-state index in [4.69, 9.17) is 11.6 Å². The van der Waals surface area contributed by atoms with Gasteiger partial charge in [-0.3, -0.25) is 0 Å². The molecule has 0 fully saturated rings. The van der Waals surface area contributed by atoms with Crippen molar-refractivity contribution in [3.8, 4) is 0 Å². The second-order valence-corrected chi connectivity index (χ2v) is 6.40. The van der Waals surface area contributed by atoms with Crippen LogP contribution in [0.2, 0.25) is 0 Å². The molecule has 1 unspecified atom stereocenters. The molecule has 0 rings (SSSR count). The van der Waals surface area contributed by atoms with Crippen LogP contribution in [0.3, 0.4) is 0 Å². The average Bonchev–Trinajstić information content (AvgIpc) is 1.83. The van der Waals surface area contributed by atoms with Gasteiger partial charge in [0.25, 0.3) is 0 Å². The van der Waals surface area contributed by atoms with E-state index < -0.39 is 0 Å². The SMILES string of the molecule is CCCC(C)(Cl)CC(C)(C)C(C)C. The Morgan fingerprint density at radius 3 is 1.92 bits per heavy atom. The van der Waals surface area contributed by atoms with E-state index in [0.29, 0.717) is 11.3 Å². The Kier molecular flexibility index (Phi) is 4.79. The van der Waals surface area contributed by atoms with Crippen LogP contribution in [0.4, 0.5) is 0 Å². The average molecular weight is 205 g/mol. The second kappa shape index (κ2) is 4.68. The van der Waals surface area contributed by atoms with Crippen molar-refractivity contribution in [3.63, 3.8) is 0 Å². The zero-order valence-corrected chi connectivity index (χ0v) is 10.8. The summed E-state index contributed by atoms with van der Waals surface area (Å²) in [6.07, 6.45) is 3.39. The molecule has 0 N–H and O–H groups in total. The van der Waals surface area contributed by atoms with Gasteiger partial charge in [-0.25, -0.2) is 0 Å². The van der Waals surface area contributed by atoms with Crippen LogP contribution in [-0.2, 0) is 0 Å². The van der Waals surface area contributed by atoms with Crippen LogP contribution in [-0.4, -0.2) is 4.87 Å². The predicted octanol–water partition coefficient (Wildman–Crippen LogP) is 4.86. The summed E-state index contributed by atoms with van der Waals surface area (Å²) in [4.78, 5) is -0.0114. The molecule has 13 heavy (non-hydrogen) atoms. The maximum absolute atomic E-state index is 6.46. The largest absolute Gasteiger partial charge is 0.120 e. The summed E-state index contributed by atoms with van der Waals surface area (Å²) in [6.45, 7) is 13.5. The second-order valence-electron chi connectivity index (χ2n) is 5.48. The lowest BCUT2D eigenvalue weighted by Gasteiger charge is -2.36. The van der Waals surface area contributed by atoms with E-state index in [9.17, 15) is 0 Å². The minimum atomic E-state index is -0.0114. The molecule has 0 aromatic rings. The van der Waals surface area contributed by atoms with Gasteiger partial charge in [0.05, 0.1) is 0 Å². The van der Waals surface area contributed by atoms with E-state index in [0.717, 1.165) is 12.8 Å². The summed E-state index contributed by atoms with van der Waals surface area (Å²) in [6, 6.07) is 0. The Bertz CT molecular complexity index is 145. The molecule has 0 heterocycles. The molecule has 0 aliphatic heterocycles. The molecular weight excluding hydrogens is 180 g/mol. The van der Waals surface area contributed by atoms with Gasteiger partial charge < -0.3 is 0 Å². The first-order valence-corrected chi connectivity index (χ1v) is 5.78. The van der Waals surface area contributed by atoms with Crippen molar-refractivity contribution in [2.75, 3.05) is 0 Å². The zero-order valence-electron chi connectivity index (χ0n) is 10.1. The van der Waals surface area contributed by atoms with Gasteiger partial charge in [0.1, 0.15) is 0 Å². The maximum Gasteiger partial charge on any atom is 0.0423 e. The topological polar surface area (TPSA) is 0 Å². The monoisotopic (exact) mass is 204 g/mol. The van der Waals surface area contributed by atoms with Crippen LogP contribution in [0.25, 0.3) is 0 Å². The first-order chi connectivity index (χ1) is 5.71. The number of halogens is 1. The molecule has 0 aliphatic rings. The molecule has 1 atom stereocenters. The van der Waals surface area contributed by atoms with Crippen LogP contribution in [0, 0.1) is 11.3 Å². The van der Waals surface area contributed by atoms with Crippen LogP contribution in [0.5, 0.6) is 0 Å². The molecule has 0 amide bonds. The Morgan fingerprint density at radius 1 is 1.15 bits per heavy atom. The van der Waals surface area contributed by atoms with Gasteiger partial charge in [-0.1, -0.05) is 41.0 Å². The summed E-state index contributed by atoms with van der Waals surface area (Å²) in [5.41, 5.74) is 0.353. The summed E-state index contributed by atoms with van der Waals surface area (Å²) < 4.78 is 0. The van der Waals surface area contributed by atoms with Gasteiger partial charge in [-0.15, -0.1) is 11.6 Å². The highest BCUT2D eigenvalue weighted by Gasteiger charge is 2.32. The third-order valence-electron chi connectivity index (χ3n) is 3.16. The number of hydrogen-bond acceptors (Lipinski definition) is 0. The lowest BCUT2D eigenvalue weighted by Crippen LogP contribution is -2.30. The standard InChI is InChI=1S/C12H25Cl/c1-7-8-12(6,13)9-11(4,5)10(2)3/h10H,7-9H2,1-6H3. The maximum atomic E-state index is 6.46. The molecule has 0 spiro atoms. The highest BCUT2D eigenvalue weighted by Crippen LogP contribution is 2.39. The third kappa shape index (κ3) is 4.90. The van der Waals surface area contributed by atoms with Gasteiger partial charge in [-0.05, 0) is 31.1 Å². The predicted molar refractivity (Wildman–Crippen MR) is 62.4 cm³/mol. The Hall–Kier alpha value is 0.290. The van der Waals surface area contributed by atoms with Crippen LogP contribution < -0.4 is 0 Å². The van der Waals surface area contributed by atoms with Crippen molar-refractivity contribution in [3.05, 3.63) is 0 Å². The fourth-order valence-electron chi connectivity index (χ4n) is 1.76. The quantitative estimate of drug-likeness (QED) is 0.562. The molecule has 1 heteroatoms. The van der Waals surface area contributed by atoms with Crippen molar-refractivity contribution in [2.24, 2.45) is 11.3 Å². The molecule has 0 saturated carbocycles. The van der Waals surface area contributed by atoms with Crippen molar-refractivity contribution < 1.29 is 0 Å². The fraction of sp³-hybridized carbons (Fsp3) is 1.00. The molecule has 0 radical (unpaired) electrons. The third-order valence-corrected chi connectivity index (χ3v) is 3.48. The minimum Gasteiger partial charge on any atom is -0.120 e. The lowest BCUT2D eigenvalue weighted by molar-refractivity contribution is 0.199. The van der Waals surface area contributed by atoms with Gasteiger partial charge in [0.2, 0.25) is 0 Å². The van der Waals surface area contributed by atoms with E-state index in [1.807, 2.05) is 0 Å². The van der Waals surface area contributed by atoms with Crippen LogP contribution in [0.1, 0.15) is 60.8 Å². The van der Waals surface area contributed by atoms with Gasteiger partial charge in [0.15, 0.2) is 0 Å². The highest BCUT2D eigenvalue weighted by molar-refractivity contribution is 6.23. The molecule has 0 aromatic heterocycles. The molecule has 0 aromatic carbocycles. The summed E-state index contributed by atoms with van der Waals surface area (Å²) in [7, 11) is 0. The lowest BCUT2D eigenvalue weighted by atomic mass is 9.73.